The molecule has 0 unspecified atom stereocenters. The smallest absolute Gasteiger partial charge is 0.0654 e. The molecule has 0 saturated heterocycles. The van der Waals surface area contributed by atoms with E-state index in [-0.39, 0.29) is 6.16 Å². The van der Waals surface area contributed by atoms with Crippen molar-refractivity contribution in [3.05, 3.63) is 0 Å². The summed E-state index contributed by atoms with van der Waals surface area (Å²) in [5.41, 5.74) is 0. The molecule has 0 saturated carbocycles. The molecule has 172 valence electrons. The molecular weight excluding hydrogens is 407 g/mol. The zero-order chi connectivity index (χ0) is 20.9. The molecule has 0 atom stereocenters. The van der Waals surface area contributed by atoms with Gasteiger partial charge in [-0.15, -0.1) is 0 Å². The molecule has 0 spiro atoms. The summed E-state index contributed by atoms with van der Waals surface area (Å²) in [7, 11) is -3.86. The van der Waals surface area contributed by atoms with Crippen LogP contribution in [0.15, 0.2) is 0 Å². The van der Waals surface area contributed by atoms with E-state index < -0.39 is 7.94 Å². The summed E-state index contributed by atoms with van der Waals surface area (Å²) in [5, 5.41) is 0. The molecule has 0 aliphatic rings. The van der Waals surface area contributed by atoms with Crippen molar-refractivity contribution in [3.8, 4) is 0 Å². The van der Waals surface area contributed by atoms with E-state index in [2.05, 4.69) is 13.8 Å². The first-order valence-electron chi connectivity index (χ1n) is 11.9. The fourth-order valence-electron chi connectivity index (χ4n) is 3.27. The minimum Gasteiger partial charge on any atom is -0.0654 e. The Morgan fingerprint density at radius 1 is 0.571 bits per heavy atom. The summed E-state index contributed by atoms with van der Waals surface area (Å²) < 4.78 is 0.538. The molecule has 0 aliphatic heterocycles. The van der Waals surface area contributed by atoms with E-state index in [1.54, 1.807) is 0 Å². The third kappa shape index (κ3) is 23.3. The molecule has 3 N–H and O–H groups in total. The zero-order valence-electron chi connectivity index (χ0n) is 18.7. The molecule has 0 aliphatic carbocycles. The first-order chi connectivity index (χ1) is 13.5. The molecule has 0 radical (unpaired) electrons. The number of hydrogen-bond donors (Lipinski definition) is 3. The molecule has 0 fully saturated rings. The molecule has 28 heavy (non-hydrogen) atoms. The molecular formula is C22H49O3PS2. The van der Waals surface area contributed by atoms with E-state index in [1.807, 2.05) is 23.5 Å². The van der Waals surface area contributed by atoms with Crippen LogP contribution in [-0.4, -0.2) is 36.9 Å². The van der Waals surface area contributed by atoms with Gasteiger partial charge >= 0.3 is 158 Å². The number of rotatable bonds is 22. The minimum absolute atomic E-state index is 0.180. The van der Waals surface area contributed by atoms with Crippen molar-refractivity contribution in [1.82, 2.24) is 0 Å². The summed E-state index contributed by atoms with van der Waals surface area (Å²) >= 11 is 4.10. The van der Waals surface area contributed by atoms with E-state index in [4.69, 9.17) is 0 Å². The molecule has 0 heterocycles. The number of unbranched alkanes of at least 4 members (excludes halogenated alkanes) is 12. The van der Waals surface area contributed by atoms with Crippen molar-refractivity contribution < 1.29 is 14.7 Å². The van der Waals surface area contributed by atoms with Crippen molar-refractivity contribution in [1.29, 1.82) is 0 Å². The Labute approximate surface area is 184 Å². The van der Waals surface area contributed by atoms with Gasteiger partial charge in [-0.05, 0) is 0 Å². The first-order valence-corrected chi connectivity index (χ1v) is 16.0. The maximum absolute atomic E-state index is 9.24. The van der Waals surface area contributed by atoms with E-state index in [0.717, 1.165) is 6.42 Å². The van der Waals surface area contributed by atoms with E-state index >= 15 is 0 Å². The molecule has 0 aromatic heterocycles. The van der Waals surface area contributed by atoms with Crippen molar-refractivity contribution in [3.63, 3.8) is 0 Å². The maximum atomic E-state index is 9.24. The van der Waals surface area contributed by atoms with Gasteiger partial charge in [0.2, 0.25) is 0 Å². The number of thioether (sulfide) groups is 2. The third-order valence-electron chi connectivity index (χ3n) is 5.06. The Morgan fingerprint density at radius 3 is 1.36 bits per heavy atom. The quantitative estimate of drug-likeness (QED) is 0.0892. The second-order valence-corrected chi connectivity index (χ2v) is 13.0. The molecule has 0 amide bonds. The Hall–Kier alpha value is 1.01. The van der Waals surface area contributed by atoms with Crippen LogP contribution in [0.5, 0.6) is 0 Å². The van der Waals surface area contributed by atoms with Crippen molar-refractivity contribution in [2.24, 2.45) is 0 Å². The fourth-order valence-corrected chi connectivity index (χ4v) is 6.84. The van der Waals surface area contributed by atoms with Gasteiger partial charge in [-0.1, -0.05) is 26.7 Å². The summed E-state index contributed by atoms with van der Waals surface area (Å²) in [6.45, 7) is 4.52. The number of hydrogen-bond acceptors (Lipinski definition) is 5. The van der Waals surface area contributed by atoms with Crippen LogP contribution < -0.4 is 0 Å². The van der Waals surface area contributed by atoms with Crippen molar-refractivity contribution in [2.75, 3.05) is 17.7 Å². The van der Waals surface area contributed by atoms with Gasteiger partial charge in [0.25, 0.3) is 0 Å². The van der Waals surface area contributed by atoms with Gasteiger partial charge in [0.15, 0.2) is 0 Å². The predicted octanol–water partition coefficient (Wildman–Crippen LogP) is 7.53. The van der Waals surface area contributed by atoms with Gasteiger partial charge in [0.1, 0.15) is 0 Å². The Morgan fingerprint density at radius 2 is 0.964 bits per heavy atom. The summed E-state index contributed by atoms with van der Waals surface area (Å²) in [4.78, 5) is 27.7. The monoisotopic (exact) mass is 456 g/mol. The van der Waals surface area contributed by atoms with Gasteiger partial charge < -0.3 is 0 Å². The Bertz CT molecular complexity index is 295. The van der Waals surface area contributed by atoms with Crippen LogP contribution in [0.1, 0.15) is 117 Å². The Kier molecular flexibility index (Phi) is 22.0. The van der Waals surface area contributed by atoms with Crippen molar-refractivity contribution >= 4 is 31.5 Å². The average Bonchev–Trinajstić information content (AvgIpc) is 2.64. The topological polar surface area (TPSA) is 60.7 Å². The minimum atomic E-state index is -3.86. The molecule has 0 aromatic rings. The van der Waals surface area contributed by atoms with Crippen LogP contribution in [0.25, 0.3) is 0 Å². The van der Waals surface area contributed by atoms with Gasteiger partial charge in [0, 0.05) is 0 Å². The van der Waals surface area contributed by atoms with E-state index in [1.165, 1.54) is 101 Å². The summed E-state index contributed by atoms with van der Waals surface area (Å²) in [6.07, 6.45) is 20.8. The molecule has 6 heteroatoms. The van der Waals surface area contributed by atoms with Gasteiger partial charge in [-0.25, -0.2) is 0 Å². The molecule has 0 rings (SSSR count). The fraction of sp³-hybridized carbons (Fsp3) is 1.00. The van der Waals surface area contributed by atoms with Crippen LogP contribution >= 0.6 is 31.5 Å². The zero-order valence-corrected chi connectivity index (χ0v) is 21.3. The molecule has 0 aromatic carbocycles. The average molecular weight is 457 g/mol. The Balaban J connectivity index is 3.85. The second-order valence-electron chi connectivity index (χ2n) is 8.08. The molecule has 3 nitrogen and oxygen atoms in total. The van der Waals surface area contributed by atoms with Gasteiger partial charge in [0.05, 0.1) is 0 Å². The second kappa shape index (κ2) is 21.2. The van der Waals surface area contributed by atoms with Crippen LogP contribution in [0.2, 0.25) is 0 Å². The van der Waals surface area contributed by atoms with E-state index in [0.29, 0.717) is 11.0 Å². The van der Waals surface area contributed by atoms with Crippen molar-refractivity contribution in [2.45, 2.75) is 121 Å². The summed E-state index contributed by atoms with van der Waals surface area (Å²) in [6, 6.07) is 0. The van der Waals surface area contributed by atoms with Crippen LogP contribution in [0.4, 0.5) is 0 Å². The normalized spacial score (nSPS) is 12.8. The summed E-state index contributed by atoms with van der Waals surface area (Å²) in [5.74, 6) is 2.42. The molecule has 0 bridgehead atoms. The van der Waals surface area contributed by atoms with Gasteiger partial charge in [-0.2, -0.15) is 0 Å². The van der Waals surface area contributed by atoms with Crippen LogP contribution in [0, 0.1) is 0 Å². The SMILES string of the molecule is CCCCCCCCCSC(CCC[PH](O)(O)O)SCCCCCCCCC. The standard InChI is InChI=1S/C22H49O3PS2/c1-3-5-7-9-11-13-15-20-27-22(18-17-19-26(23,24)25)28-21-16-14-12-10-8-6-4-2/h22-26H,3-21H2,1-2H3. The third-order valence-corrected chi connectivity index (χ3v) is 9.16. The first kappa shape index (κ1) is 29.0. The van der Waals surface area contributed by atoms with Crippen LogP contribution in [-0.2, 0) is 0 Å². The van der Waals surface area contributed by atoms with E-state index in [9.17, 15) is 14.7 Å². The predicted molar refractivity (Wildman–Crippen MR) is 134 cm³/mol. The van der Waals surface area contributed by atoms with Gasteiger partial charge in [-0.3, -0.25) is 0 Å². The van der Waals surface area contributed by atoms with Crippen LogP contribution in [0.3, 0.4) is 0 Å².